The quantitative estimate of drug-likeness (QED) is 0.832. The second-order valence-electron chi connectivity index (χ2n) is 4.28. The zero-order chi connectivity index (χ0) is 14.5. The summed E-state index contributed by atoms with van der Waals surface area (Å²) in [5.74, 6) is -0.237. The smallest absolute Gasteiger partial charge is 0.304 e. The van der Waals surface area contributed by atoms with E-state index in [-0.39, 0.29) is 17.3 Å². The summed E-state index contributed by atoms with van der Waals surface area (Å²) in [7, 11) is 0. The summed E-state index contributed by atoms with van der Waals surface area (Å²) in [6, 6.07) is 3.27. The maximum atomic E-state index is 12.0. The van der Waals surface area contributed by atoms with Gasteiger partial charge < -0.3 is 10.3 Å². The number of nitrogens with zero attached hydrogens (tertiary/aromatic N) is 1. The number of pyridine rings is 1. The third-order valence-electron chi connectivity index (χ3n) is 2.63. The summed E-state index contributed by atoms with van der Waals surface area (Å²) in [5, 5.41) is 4.73. The van der Waals surface area contributed by atoms with Gasteiger partial charge in [-0.25, -0.2) is 4.98 Å². The number of halogens is 1. The first kappa shape index (κ1) is 14.7. The molecule has 0 spiro atoms. The Morgan fingerprint density at radius 2 is 2.30 bits per heavy atom. The molecule has 0 saturated carbocycles. The van der Waals surface area contributed by atoms with Gasteiger partial charge in [0.25, 0.3) is 5.91 Å². The highest BCUT2D eigenvalue weighted by atomic mass is 35.5. The molecule has 0 aliphatic heterocycles. The lowest BCUT2D eigenvalue weighted by Gasteiger charge is -2.06. The van der Waals surface area contributed by atoms with Gasteiger partial charge in [0, 0.05) is 22.3 Å². The topological polar surface area (TPSA) is 74.8 Å². The molecule has 2 aromatic rings. The highest BCUT2D eigenvalue weighted by Gasteiger charge is 2.09. The minimum absolute atomic E-state index is 0.133. The Kier molecular flexibility index (Phi) is 4.92. The van der Waals surface area contributed by atoms with Crippen LogP contribution in [0.5, 0.6) is 0 Å². The normalized spacial score (nSPS) is 10.5. The zero-order valence-electron chi connectivity index (χ0n) is 10.9. The van der Waals surface area contributed by atoms with Crippen molar-refractivity contribution in [3.05, 3.63) is 49.3 Å². The van der Waals surface area contributed by atoms with E-state index < -0.39 is 0 Å². The lowest BCUT2D eigenvalue weighted by Crippen LogP contribution is -2.23. The van der Waals surface area contributed by atoms with Crippen molar-refractivity contribution in [3.63, 3.8) is 0 Å². The van der Waals surface area contributed by atoms with E-state index in [2.05, 4.69) is 15.3 Å². The molecule has 0 atom stereocenters. The average Bonchev–Trinajstić information content (AvgIpc) is 2.81. The Morgan fingerprint density at radius 1 is 1.50 bits per heavy atom. The van der Waals surface area contributed by atoms with Crippen molar-refractivity contribution in [2.24, 2.45) is 0 Å². The lowest BCUT2D eigenvalue weighted by molar-refractivity contribution is 0.0950. The maximum Gasteiger partial charge on any atom is 0.304 e. The van der Waals surface area contributed by atoms with Gasteiger partial charge in [0.05, 0.1) is 6.54 Å². The van der Waals surface area contributed by atoms with Crippen molar-refractivity contribution in [1.82, 2.24) is 15.3 Å². The molecule has 0 bridgehead atoms. The molecule has 1 amide bonds. The van der Waals surface area contributed by atoms with Crippen molar-refractivity contribution in [3.8, 4) is 0 Å². The van der Waals surface area contributed by atoms with E-state index >= 15 is 0 Å². The van der Waals surface area contributed by atoms with Crippen LogP contribution in [0.25, 0.3) is 0 Å². The fourth-order valence-corrected chi connectivity index (χ4v) is 2.55. The number of carbonyl (C=O) groups excluding carboxylic acids is 1. The van der Waals surface area contributed by atoms with E-state index in [9.17, 15) is 9.59 Å². The fraction of sp³-hybridized carbons (Fsp3) is 0.308. The lowest BCUT2D eigenvalue weighted by atomic mass is 10.1. The van der Waals surface area contributed by atoms with Gasteiger partial charge in [-0.05, 0) is 18.6 Å². The van der Waals surface area contributed by atoms with Crippen molar-refractivity contribution < 1.29 is 4.79 Å². The van der Waals surface area contributed by atoms with Crippen LogP contribution in [0.2, 0.25) is 5.15 Å². The second kappa shape index (κ2) is 6.67. The van der Waals surface area contributed by atoms with Crippen molar-refractivity contribution in [2.45, 2.75) is 26.3 Å². The predicted octanol–water partition coefficient (Wildman–Crippen LogP) is 2.37. The molecule has 106 valence electrons. The third kappa shape index (κ3) is 3.91. The molecule has 2 aromatic heterocycles. The number of hydrogen-bond acceptors (Lipinski definition) is 4. The molecule has 0 aliphatic rings. The van der Waals surface area contributed by atoms with E-state index in [0.29, 0.717) is 16.4 Å². The Hall–Kier alpha value is -1.66. The number of nitrogens with one attached hydrogen (secondary N) is 2. The van der Waals surface area contributed by atoms with Crippen molar-refractivity contribution in [2.75, 3.05) is 0 Å². The van der Waals surface area contributed by atoms with E-state index in [1.54, 1.807) is 11.4 Å². The Labute approximate surface area is 125 Å². The molecule has 0 aromatic carbocycles. The summed E-state index contributed by atoms with van der Waals surface area (Å²) >= 11 is 6.98. The number of amides is 1. The predicted molar refractivity (Wildman–Crippen MR) is 79.4 cm³/mol. The number of rotatable bonds is 5. The van der Waals surface area contributed by atoms with E-state index in [1.165, 1.54) is 6.07 Å². The number of thiazole rings is 1. The Bertz CT molecular complexity index is 666. The molecule has 0 aliphatic carbocycles. The molecule has 0 fully saturated rings. The molecule has 2 heterocycles. The molecular weight excluding hydrogens is 298 g/mol. The minimum atomic E-state index is -0.237. The second-order valence-corrected chi connectivity index (χ2v) is 5.51. The van der Waals surface area contributed by atoms with E-state index in [0.717, 1.165) is 29.9 Å². The van der Waals surface area contributed by atoms with E-state index in [4.69, 9.17) is 11.6 Å². The Morgan fingerprint density at radius 3 is 2.95 bits per heavy atom. The number of aromatic nitrogens is 2. The average molecular weight is 312 g/mol. The molecular formula is C13H14ClN3O2S. The molecule has 2 N–H and O–H groups in total. The van der Waals surface area contributed by atoms with Crippen LogP contribution in [0.3, 0.4) is 0 Å². The first-order chi connectivity index (χ1) is 9.58. The molecule has 0 radical (unpaired) electrons. The number of H-pyrrole nitrogens is 1. The SMILES string of the molecule is CCCc1cc(C(=O)NCc2csc(=O)[nH]2)cc(Cl)n1. The van der Waals surface area contributed by atoms with E-state index in [1.807, 2.05) is 6.92 Å². The monoisotopic (exact) mass is 311 g/mol. The van der Waals surface area contributed by atoms with Crippen LogP contribution < -0.4 is 10.2 Å². The van der Waals surface area contributed by atoms with Crippen molar-refractivity contribution >= 4 is 28.8 Å². The molecule has 20 heavy (non-hydrogen) atoms. The molecule has 2 rings (SSSR count). The highest BCUT2D eigenvalue weighted by molar-refractivity contribution is 7.07. The largest absolute Gasteiger partial charge is 0.346 e. The summed E-state index contributed by atoms with van der Waals surface area (Å²) in [5.41, 5.74) is 1.96. The van der Waals surface area contributed by atoms with Crippen molar-refractivity contribution in [1.29, 1.82) is 0 Å². The number of carbonyl (C=O) groups is 1. The van der Waals surface area contributed by atoms with Gasteiger partial charge in [-0.15, -0.1) is 0 Å². The fourth-order valence-electron chi connectivity index (χ4n) is 1.74. The van der Waals surface area contributed by atoms with Gasteiger partial charge >= 0.3 is 4.87 Å². The third-order valence-corrected chi connectivity index (χ3v) is 3.54. The molecule has 0 saturated heterocycles. The summed E-state index contributed by atoms with van der Waals surface area (Å²) < 4.78 is 0. The van der Waals surface area contributed by atoms with Gasteiger partial charge in [0.2, 0.25) is 0 Å². The van der Waals surface area contributed by atoms with Gasteiger partial charge in [-0.1, -0.05) is 36.3 Å². The minimum Gasteiger partial charge on any atom is -0.346 e. The van der Waals surface area contributed by atoms with Gasteiger partial charge in [0.1, 0.15) is 5.15 Å². The number of hydrogen-bond donors (Lipinski definition) is 2. The van der Waals surface area contributed by atoms with Crippen LogP contribution in [0.4, 0.5) is 0 Å². The first-order valence-corrected chi connectivity index (χ1v) is 7.45. The number of aromatic amines is 1. The molecule has 7 heteroatoms. The van der Waals surface area contributed by atoms with Crippen LogP contribution >= 0.6 is 22.9 Å². The van der Waals surface area contributed by atoms with Gasteiger partial charge in [0.15, 0.2) is 0 Å². The van der Waals surface area contributed by atoms with Crippen LogP contribution in [-0.4, -0.2) is 15.9 Å². The maximum absolute atomic E-state index is 12.0. The number of aryl methyl sites for hydroxylation is 1. The van der Waals surface area contributed by atoms with Crippen LogP contribution in [-0.2, 0) is 13.0 Å². The summed E-state index contributed by atoms with van der Waals surface area (Å²) in [6.45, 7) is 2.32. The van der Waals surface area contributed by atoms with Crippen LogP contribution in [0.15, 0.2) is 22.3 Å². The standard InChI is InChI=1S/C13H14ClN3O2S/c1-2-3-9-4-8(5-11(14)16-9)12(18)15-6-10-7-20-13(19)17-10/h4-5,7H,2-3,6H2,1H3,(H,15,18)(H,17,19). The van der Waals surface area contributed by atoms with Gasteiger partial charge in [-0.2, -0.15) is 0 Å². The van der Waals surface area contributed by atoms with Gasteiger partial charge in [-0.3, -0.25) is 9.59 Å². The van der Waals surface area contributed by atoms with Crippen LogP contribution in [0.1, 0.15) is 35.1 Å². The molecule has 0 unspecified atom stereocenters. The first-order valence-electron chi connectivity index (χ1n) is 6.20. The summed E-state index contributed by atoms with van der Waals surface area (Å²) in [6.07, 6.45) is 1.71. The Balaban J connectivity index is 2.06. The zero-order valence-corrected chi connectivity index (χ0v) is 12.5. The summed E-state index contributed by atoms with van der Waals surface area (Å²) in [4.78, 5) is 29.7. The van der Waals surface area contributed by atoms with Crippen LogP contribution in [0, 0.1) is 0 Å². The molecule has 5 nitrogen and oxygen atoms in total. The highest BCUT2D eigenvalue weighted by Crippen LogP contribution is 2.12.